The smallest absolute Gasteiger partial charge is 0.339 e. The van der Waals surface area contributed by atoms with Crippen LogP contribution in [0.4, 0.5) is 4.39 Å². The molecule has 0 aliphatic carbocycles. The molecule has 0 heterocycles. The van der Waals surface area contributed by atoms with Gasteiger partial charge in [-0.25, -0.2) is 22.3 Å². The summed E-state index contributed by atoms with van der Waals surface area (Å²) in [5.74, 6) is -1.64. The Kier molecular flexibility index (Phi) is 7.39. The van der Waals surface area contributed by atoms with Crippen LogP contribution in [0.3, 0.4) is 0 Å². The molecule has 0 radical (unpaired) electrons. The maximum atomic E-state index is 13.2. The van der Waals surface area contributed by atoms with E-state index in [1.54, 1.807) is 7.11 Å². The van der Waals surface area contributed by atoms with Gasteiger partial charge in [0.1, 0.15) is 5.82 Å². The zero-order chi connectivity index (χ0) is 16.6. The molecule has 0 unspecified atom stereocenters. The van der Waals surface area contributed by atoms with Crippen LogP contribution in [0.1, 0.15) is 10.4 Å². The van der Waals surface area contributed by atoms with Crippen LogP contribution in [0.5, 0.6) is 0 Å². The molecule has 0 atom stereocenters. The van der Waals surface area contributed by atoms with Crippen molar-refractivity contribution in [1.29, 1.82) is 0 Å². The third-order valence-electron chi connectivity index (χ3n) is 2.71. The van der Waals surface area contributed by atoms with E-state index in [9.17, 15) is 17.6 Å². The largest absolute Gasteiger partial charge is 0.465 e. The van der Waals surface area contributed by atoms with Crippen molar-refractivity contribution >= 4 is 16.0 Å². The number of rotatable bonds is 9. The molecule has 9 heteroatoms. The molecule has 2 N–H and O–H groups in total. The van der Waals surface area contributed by atoms with Crippen molar-refractivity contribution in [1.82, 2.24) is 10.0 Å². The van der Waals surface area contributed by atoms with E-state index < -0.39 is 21.8 Å². The normalized spacial score (nSPS) is 11.4. The molecule has 0 spiro atoms. The fourth-order valence-electron chi connectivity index (χ4n) is 1.66. The monoisotopic (exact) mass is 334 g/mol. The van der Waals surface area contributed by atoms with Crippen LogP contribution in [0.25, 0.3) is 0 Å². The topological polar surface area (TPSA) is 93.7 Å². The van der Waals surface area contributed by atoms with Crippen molar-refractivity contribution in [3.05, 3.63) is 29.6 Å². The molecule has 0 aliphatic heterocycles. The third kappa shape index (κ3) is 5.34. The summed E-state index contributed by atoms with van der Waals surface area (Å²) in [5.41, 5.74) is -0.345. The number of carbonyl (C=O) groups is 1. The van der Waals surface area contributed by atoms with Gasteiger partial charge in [0.2, 0.25) is 10.0 Å². The number of benzene rings is 1. The van der Waals surface area contributed by atoms with Gasteiger partial charge in [0.15, 0.2) is 0 Å². The number of ether oxygens (including phenoxy) is 2. The molecule has 0 amide bonds. The van der Waals surface area contributed by atoms with E-state index in [0.717, 1.165) is 25.3 Å². The average Bonchev–Trinajstić information content (AvgIpc) is 2.49. The number of carbonyl (C=O) groups excluding carboxylic acids is 1. The number of methoxy groups -OCH3 is 2. The van der Waals surface area contributed by atoms with E-state index in [2.05, 4.69) is 14.8 Å². The SMILES string of the molecule is COCCNCCNS(=O)(=O)c1ccc(F)cc1C(=O)OC. The van der Waals surface area contributed by atoms with Gasteiger partial charge in [-0.3, -0.25) is 0 Å². The highest BCUT2D eigenvalue weighted by Crippen LogP contribution is 2.17. The van der Waals surface area contributed by atoms with Crippen LogP contribution in [-0.4, -0.2) is 54.8 Å². The summed E-state index contributed by atoms with van der Waals surface area (Å²) < 4.78 is 49.2. The van der Waals surface area contributed by atoms with Gasteiger partial charge in [0, 0.05) is 26.7 Å². The van der Waals surface area contributed by atoms with E-state index in [1.165, 1.54) is 0 Å². The number of hydrogen-bond acceptors (Lipinski definition) is 6. The van der Waals surface area contributed by atoms with Crippen molar-refractivity contribution < 1.29 is 27.1 Å². The van der Waals surface area contributed by atoms with Crippen LogP contribution in [0, 0.1) is 5.82 Å². The molecular weight excluding hydrogens is 315 g/mol. The first-order chi connectivity index (χ1) is 10.4. The molecule has 0 aromatic heterocycles. The molecule has 0 aliphatic rings. The Morgan fingerprint density at radius 3 is 2.59 bits per heavy atom. The van der Waals surface area contributed by atoms with E-state index in [1.807, 2.05) is 0 Å². The van der Waals surface area contributed by atoms with Crippen LogP contribution in [0.15, 0.2) is 23.1 Å². The first kappa shape index (κ1) is 18.5. The number of halogens is 1. The highest BCUT2D eigenvalue weighted by molar-refractivity contribution is 7.89. The number of sulfonamides is 1. The zero-order valence-corrected chi connectivity index (χ0v) is 13.2. The molecular formula is C13H19FN2O5S. The fourth-order valence-corrected chi connectivity index (χ4v) is 2.86. The zero-order valence-electron chi connectivity index (χ0n) is 12.4. The van der Waals surface area contributed by atoms with Gasteiger partial charge in [-0.2, -0.15) is 0 Å². The summed E-state index contributed by atoms with van der Waals surface area (Å²) in [6, 6.07) is 2.83. The number of nitrogens with one attached hydrogen (secondary N) is 2. The minimum atomic E-state index is -3.94. The standard InChI is InChI=1S/C13H19FN2O5S/c1-20-8-7-15-5-6-16-22(18,19)12-4-3-10(14)9-11(12)13(17)21-2/h3-4,9,15-16H,5-8H2,1-2H3. The first-order valence-electron chi connectivity index (χ1n) is 6.49. The molecule has 22 heavy (non-hydrogen) atoms. The lowest BCUT2D eigenvalue weighted by Crippen LogP contribution is -2.33. The van der Waals surface area contributed by atoms with Crippen LogP contribution >= 0.6 is 0 Å². The molecule has 1 rings (SSSR count). The van der Waals surface area contributed by atoms with Gasteiger partial charge in [-0.15, -0.1) is 0 Å². The maximum Gasteiger partial charge on any atom is 0.339 e. The molecule has 0 saturated carbocycles. The average molecular weight is 334 g/mol. The Balaban J connectivity index is 2.78. The minimum absolute atomic E-state index is 0.115. The highest BCUT2D eigenvalue weighted by atomic mass is 32.2. The third-order valence-corrected chi connectivity index (χ3v) is 4.23. The van der Waals surface area contributed by atoms with Crippen molar-refractivity contribution in [2.45, 2.75) is 4.90 Å². The lowest BCUT2D eigenvalue weighted by Gasteiger charge is -2.11. The van der Waals surface area contributed by atoms with Gasteiger partial charge >= 0.3 is 5.97 Å². The van der Waals surface area contributed by atoms with Crippen molar-refractivity contribution in [3.63, 3.8) is 0 Å². The molecule has 7 nitrogen and oxygen atoms in total. The Morgan fingerprint density at radius 2 is 1.95 bits per heavy atom. The Bertz CT molecular complexity index is 606. The number of esters is 1. The van der Waals surface area contributed by atoms with Gasteiger partial charge in [-0.05, 0) is 18.2 Å². The molecule has 0 fully saturated rings. The summed E-state index contributed by atoms with van der Waals surface area (Å²) in [6.45, 7) is 1.60. The van der Waals surface area contributed by atoms with E-state index >= 15 is 0 Å². The summed E-state index contributed by atoms with van der Waals surface area (Å²) in [5, 5.41) is 2.96. The Labute approximate surface area is 128 Å². The summed E-state index contributed by atoms with van der Waals surface area (Å²) in [4.78, 5) is 11.3. The summed E-state index contributed by atoms with van der Waals surface area (Å²) in [6.07, 6.45) is 0. The molecule has 0 bridgehead atoms. The predicted molar refractivity (Wildman–Crippen MR) is 77.7 cm³/mol. The van der Waals surface area contributed by atoms with Crippen molar-refractivity contribution in [3.8, 4) is 0 Å². The fraction of sp³-hybridized carbons (Fsp3) is 0.462. The van der Waals surface area contributed by atoms with Gasteiger partial charge < -0.3 is 14.8 Å². The van der Waals surface area contributed by atoms with E-state index in [-0.39, 0.29) is 17.0 Å². The molecule has 1 aromatic carbocycles. The van der Waals surface area contributed by atoms with Crippen LogP contribution < -0.4 is 10.0 Å². The highest BCUT2D eigenvalue weighted by Gasteiger charge is 2.23. The van der Waals surface area contributed by atoms with E-state index in [4.69, 9.17) is 4.74 Å². The van der Waals surface area contributed by atoms with Gasteiger partial charge in [0.25, 0.3) is 0 Å². The minimum Gasteiger partial charge on any atom is -0.465 e. The first-order valence-corrected chi connectivity index (χ1v) is 7.98. The summed E-state index contributed by atoms with van der Waals surface area (Å²) in [7, 11) is -1.29. The van der Waals surface area contributed by atoms with Crippen molar-refractivity contribution in [2.24, 2.45) is 0 Å². The van der Waals surface area contributed by atoms with Crippen LogP contribution in [-0.2, 0) is 19.5 Å². The molecule has 1 aromatic rings. The van der Waals surface area contributed by atoms with Gasteiger partial charge in [-0.1, -0.05) is 0 Å². The van der Waals surface area contributed by atoms with Crippen LogP contribution in [0.2, 0.25) is 0 Å². The number of hydrogen-bond donors (Lipinski definition) is 2. The second-order valence-corrected chi connectivity index (χ2v) is 6.01. The quantitative estimate of drug-likeness (QED) is 0.492. The van der Waals surface area contributed by atoms with Gasteiger partial charge in [0.05, 0.1) is 24.2 Å². The molecule has 124 valence electrons. The van der Waals surface area contributed by atoms with E-state index in [0.29, 0.717) is 19.7 Å². The maximum absolute atomic E-state index is 13.2. The Morgan fingerprint density at radius 1 is 1.23 bits per heavy atom. The lowest BCUT2D eigenvalue weighted by molar-refractivity contribution is 0.0595. The predicted octanol–water partition coefficient (Wildman–Crippen LogP) is 0.127. The Hall–Kier alpha value is -1.55. The summed E-state index contributed by atoms with van der Waals surface area (Å²) >= 11 is 0. The van der Waals surface area contributed by atoms with Crippen molar-refractivity contribution in [2.75, 3.05) is 40.5 Å². The lowest BCUT2D eigenvalue weighted by atomic mass is 10.2. The molecule has 0 saturated heterocycles. The second-order valence-electron chi connectivity index (χ2n) is 4.27. The second kappa shape index (κ2) is 8.79.